The van der Waals surface area contributed by atoms with Gasteiger partial charge in [-0.15, -0.1) is 0 Å². The molecule has 1 aromatic rings. The Bertz CT molecular complexity index is 490. The van der Waals surface area contributed by atoms with E-state index in [0.29, 0.717) is 11.5 Å². The molecule has 1 N–H and O–H groups in total. The van der Waals surface area contributed by atoms with E-state index < -0.39 is 0 Å². The first-order chi connectivity index (χ1) is 9.40. The number of nitro groups is 1. The van der Waals surface area contributed by atoms with Gasteiger partial charge in [0.05, 0.1) is 4.92 Å². The Morgan fingerprint density at radius 1 is 1.25 bits per heavy atom. The van der Waals surface area contributed by atoms with Gasteiger partial charge in [-0.1, -0.05) is 13.8 Å². The summed E-state index contributed by atoms with van der Waals surface area (Å²) in [6.45, 7) is 7.36. The van der Waals surface area contributed by atoms with Crippen molar-refractivity contribution in [3.63, 3.8) is 0 Å². The third-order valence-electron chi connectivity index (χ3n) is 3.55. The Morgan fingerprint density at radius 2 is 1.85 bits per heavy atom. The van der Waals surface area contributed by atoms with Gasteiger partial charge in [0, 0.05) is 39.1 Å². The summed E-state index contributed by atoms with van der Waals surface area (Å²) in [5, 5.41) is 17.6. The van der Waals surface area contributed by atoms with Gasteiger partial charge in [-0.2, -0.15) is 5.10 Å². The molecule has 112 valence electrons. The van der Waals surface area contributed by atoms with Crippen LogP contribution in [-0.4, -0.2) is 57.8 Å². The predicted molar refractivity (Wildman–Crippen MR) is 76.6 cm³/mol. The number of rotatable bonds is 4. The van der Waals surface area contributed by atoms with Gasteiger partial charge in [-0.25, -0.2) is 9.69 Å². The molecule has 8 heteroatoms. The molecule has 0 radical (unpaired) electrons. The van der Waals surface area contributed by atoms with Gasteiger partial charge in [0.15, 0.2) is 0 Å². The van der Waals surface area contributed by atoms with Crippen molar-refractivity contribution < 1.29 is 4.92 Å². The highest BCUT2D eigenvalue weighted by Gasteiger charge is 2.29. The van der Waals surface area contributed by atoms with Crippen LogP contribution in [0.3, 0.4) is 0 Å². The van der Waals surface area contributed by atoms with Crippen molar-refractivity contribution in [3.05, 3.63) is 15.8 Å². The Kier molecular flexibility index (Phi) is 4.24. The Hall–Kier alpha value is -1.67. The van der Waals surface area contributed by atoms with Crippen LogP contribution in [0.5, 0.6) is 0 Å². The number of likely N-dealkylation sites (N-methyl/N-ethyl adjacent to an activating group) is 1. The molecule has 0 atom stereocenters. The summed E-state index contributed by atoms with van der Waals surface area (Å²) in [5.74, 6) is 0.480. The second-order valence-corrected chi connectivity index (χ2v) is 5.52. The quantitative estimate of drug-likeness (QED) is 0.656. The number of nitrogens with one attached hydrogen (secondary N) is 1. The minimum Gasteiger partial charge on any atom is -0.304 e. The molecule has 0 unspecified atom stereocenters. The molecule has 1 fully saturated rings. The van der Waals surface area contributed by atoms with Crippen LogP contribution in [0.15, 0.2) is 0 Å². The molecular weight excluding hydrogens is 260 g/mol. The zero-order valence-corrected chi connectivity index (χ0v) is 12.5. The number of aryl methyl sites for hydroxylation is 1. The number of aromatic nitrogens is 2. The van der Waals surface area contributed by atoms with Crippen LogP contribution >= 0.6 is 0 Å². The van der Waals surface area contributed by atoms with Crippen LogP contribution < -0.4 is 5.43 Å². The smallest absolute Gasteiger partial charge is 0.304 e. The molecule has 0 bridgehead atoms. The summed E-state index contributed by atoms with van der Waals surface area (Å²) >= 11 is 0. The fourth-order valence-corrected chi connectivity index (χ4v) is 2.30. The van der Waals surface area contributed by atoms with E-state index in [4.69, 9.17) is 0 Å². The van der Waals surface area contributed by atoms with Crippen LogP contribution in [-0.2, 0) is 7.05 Å². The molecule has 1 saturated heterocycles. The topological polar surface area (TPSA) is 79.5 Å². The number of nitrogens with zero attached hydrogens (tertiary/aromatic N) is 5. The lowest BCUT2D eigenvalue weighted by Crippen LogP contribution is -2.47. The first-order valence-corrected chi connectivity index (χ1v) is 6.81. The second-order valence-electron chi connectivity index (χ2n) is 5.52. The molecule has 0 aliphatic carbocycles. The highest BCUT2D eigenvalue weighted by atomic mass is 16.6. The van der Waals surface area contributed by atoms with Crippen LogP contribution in [0.25, 0.3) is 0 Å². The third-order valence-corrected chi connectivity index (χ3v) is 3.55. The van der Waals surface area contributed by atoms with Gasteiger partial charge < -0.3 is 4.90 Å². The molecule has 0 saturated carbocycles. The van der Waals surface area contributed by atoms with Crippen LogP contribution in [0, 0.1) is 10.1 Å². The molecular formula is C12H22N6O2. The molecule has 0 spiro atoms. The molecule has 1 aliphatic rings. The van der Waals surface area contributed by atoms with E-state index in [1.807, 2.05) is 18.9 Å². The van der Waals surface area contributed by atoms with Crippen molar-refractivity contribution >= 4 is 11.5 Å². The average Bonchev–Trinajstić information content (AvgIpc) is 2.70. The number of hydrogen-bond acceptors (Lipinski definition) is 6. The summed E-state index contributed by atoms with van der Waals surface area (Å²) in [6.07, 6.45) is 0. The Morgan fingerprint density at radius 3 is 2.35 bits per heavy atom. The van der Waals surface area contributed by atoms with E-state index >= 15 is 0 Å². The Balaban J connectivity index is 2.24. The van der Waals surface area contributed by atoms with Gasteiger partial charge in [0.2, 0.25) is 5.82 Å². The monoisotopic (exact) mass is 282 g/mol. The minimum atomic E-state index is -0.346. The van der Waals surface area contributed by atoms with E-state index in [9.17, 15) is 10.1 Å². The van der Waals surface area contributed by atoms with Gasteiger partial charge in [-0.05, 0) is 7.05 Å². The maximum absolute atomic E-state index is 11.3. The van der Waals surface area contributed by atoms with Crippen molar-refractivity contribution in [2.75, 3.05) is 38.7 Å². The fourth-order valence-electron chi connectivity index (χ4n) is 2.30. The third kappa shape index (κ3) is 2.91. The highest BCUT2D eigenvalue weighted by molar-refractivity contribution is 5.60. The lowest BCUT2D eigenvalue weighted by Gasteiger charge is -2.32. The first kappa shape index (κ1) is 14.7. The number of hydrogen-bond donors (Lipinski definition) is 1. The summed E-state index contributed by atoms with van der Waals surface area (Å²) < 4.78 is 1.56. The SMILES string of the molecule is CC(C)c1nn(C)c(NN2CCN(C)CC2)c1[N+](=O)[O-]. The van der Waals surface area contributed by atoms with E-state index in [-0.39, 0.29) is 16.5 Å². The van der Waals surface area contributed by atoms with E-state index in [0.717, 1.165) is 26.2 Å². The van der Waals surface area contributed by atoms with Crippen LogP contribution in [0.4, 0.5) is 11.5 Å². The standard InChI is InChI=1S/C12H22N6O2/c1-9(2)10-11(18(19)20)12(16(4)13-10)14-17-7-5-15(3)6-8-17/h9,14H,5-8H2,1-4H3. The fraction of sp³-hybridized carbons (Fsp3) is 0.750. The highest BCUT2D eigenvalue weighted by Crippen LogP contribution is 2.33. The molecule has 0 aromatic carbocycles. The molecule has 1 aromatic heterocycles. The summed E-state index contributed by atoms with van der Waals surface area (Å²) in [7, 11) is 3.80. The molecule has 1 aliphatic heterocycles. The van der Waals surface area contributed by atoms with Gasteiger partial charge in [0.25, 0.3) is 0 Å². The summed E-state index contributed by atoms with van der Waals surface area (Å²) in [5.41, 5.74) is 3.77. The normalized spacial score (nSPS) is 17.6. The predicted octanol–water partition coefficient (Wildman–Crippen LogP) is 1.03. The average molecular weight is 282 g/mol. The zero-order valence-electron chi connectivity index (χ0n) is 12.5. The number of hydrazine groups is 1. The number of anilines is 1. The second kappa shape index (κ2) is 5.76. The van der Waals surface area contributed by atoms with Crippen molar-refractivity contribution in [1.82, 2.24) is 19.7 Å². The lowest BCUT2D eigenvalue weighted by atomic mass is 10.1. The maximum Gasteiger partial charge on any atom is 0.335 e. The Labute approximate surface area is 118 Å². The molecule has 2 rings (SSSR count). The van der Waals surface area contributed by atoms with E-state index in [1.165, 1.54) is 0 Å². The molecule has 2 heterocycles. The van der Waals surface area contributed by atoms with Gasteiger partial charge >= 0.3 is 5.69 Å². The van der Waals surface area contributed by atoms with Gasteiger partial charge in [0.1, 0.15) is 5.69 Å². The zero-order chi connectivity index (χ0) is 14.9. The molecule has 8 nitrogen and oxygen atoms in total. The van der Waals surface area contributed by atoms with E-state index in [2.05, 4.69) is 22.5 Å². The van der Waals surface area contributed by atoms with Crippen molar-refractivity contribution in [1.29, 1.82) is 0 Å². The summed E-state index contributed by atoms with van der Waals surface area (Å²) in [6, 6.07) is 0. The van der Waals surface area contributed by atoms with Crippen LogP contribution in [0.2, 0.25) is 0 Å². The van der Waals surface area contributed by atoms with Crippen LogP contribution in [0.1, 0.15) is 25.5 Å². The first-order valence-electron chi connectivity index (χ1n) is 6.81. The minimum absolute atomic E-state index is 0.0182. The maximum atomic E-state index is 11.3. The largest absolute Gasteiger partial charge is 0.335 e. The summed E-state index contributed by atoms with van der Waals surface area (Å²) in [4.78, 5) is 13.2. The van der Waals surface area contributed by atoms with Gasteiger partial charge in [-0.3, -0.25) is 15.5 Å². The van der Waals surface area contributed by atoms with Crippen molar-refractivity contribution in [2.24, 2.45) is 7.05 Å². The lowest BCUT2D eigenvalue weighted by molar-refractivity contribution is -0.384. The van der Waals surface area contributed by atoms with E-state index in [1.54, 1.807) is 11.7 Å². The van der Waals surface area contributed by atoms with Crippen molar-refractivity contribution in [2.45, 2.75) is 19.8 Å². The number of piperazine rings is 1. The van der Waals surface area contributed by atoms with Crippen molar-refractivity contribution in [3.8, 4) is 0 Å². The molecule has 0 amide bonds. The molecule has 20 heavy (non-hydrogen) atoms.